The summed E-state index contributed by atoms with van der Waals surface area (Å²) in [6, 6.07) is 0. The molecular weight excluding hydrogens is 152 g/mol. The third-order valence-corrected chi connectivity index (χ3v) is 2.50. The fourth-order valence-corrected chi connectivity index (χ4v) is 1.83. The summed E-state index contributed by atoms with van der Waals surface area (Å²) in [6.45, 7) is 9.87. The molecule has 1 aliphatic heterocycles. The van der Waals surface area contributed by atoms with Crippen molar-refractivity contribution >= 4 is 5.71 Å². The highest BCUT2D eigenvalue weighted by Crippen LogP contribution is 2.33. The van der Waals surface area contributed by atoms with Gasteiger partial charge in [0.25, 0.3) is 0 Å². The molecule has 3 heteroatoms. The maximum absolute atomic E-state index is 9.80. The Bertz CT molecular complexity index is 219. The van der Waals surface area contributed by atoms with Crippen molar-refractivity contribution in [3.8, 4) is 0 Å². The summed E-state index contributed by atoms with van der Waals surface area (Å²) in [7, 11) is 0. The third-order valence-electron chi connectivity index (χ3n) is 2.50. The van der Waals surface area contributed by atoms with E-state index in [1.807, 2.05) is 27.7 Å². The van der Waals surface area contributed by atoms with E-state index in [-0.39, 0.29) is 5.54 Å². The van der Waals surface area contributed by atoms with E-state index in [2.05, 4.69) is 11.9 Å². The lowest BCUT2D eigenvalue weighted by Gasteiger charge is -2.33. The van der Waals surface area contributed by atoms with Crippen molar-refractivity contribution in [1.82, 2.24) is 5.06 Å². The standard InChI is InChI=1S/C9H18N2O/c1-6-7-8(2,3)11(12)9(4,5)10-7/h12H,6H2,1-5H3. The summed E-state index contributed by atoms with van der Waals surface area (Å²) in [5, 5.41) is 11.1. The number of hydrogen-bond acceptors (Lipinski definition) is 3. The van der Waals surface area contributed by atoms with Crippen LogP contribution in [0.2, 0.25) is 0 Å². The van der Waals surface area contributed by atoms with Gasteiger partial charge in [0.2, 0.25) is 0 Å². The molecule has 0 saturated carbocycles. The molecule has 0 amide bonds. The first-order valence-corrected chi connectivity index (χ1v) is 4.41. The van der Waals surface area contributed by atoms with E-state index in [0.717, 1.165) is 12.1 Å². The van der Waals surface area contributed by atoms with Gasteiger partial charge in [-0.15, -0.1) is 0 Å². The van der Waals surface area contributed by atoms with Crippen LogP contribution in [0.3, 0.4) is 0 Å². The van der Waals surface area contributed by atoms with Crippen LogP contribution in [-0.2, 0) is 0 Å². The average molecular weight is 170 g/mol. The highest BCUT2D eigenvalue weighted by atomic mass is 16.5. The molecule has 0 aliphatic carbocycles. The van der Waals surface area contributed by atoms with Gasteiger partial charge in [-0.05, 0) is 34.1 Å². The van der Waals surface area contributed by atoms with Crippen molar-refractivity contribution in [3.63, 3.8) is 0 Å². The summed E-state index contributed by atoms with van der Waals surface area (Å²) in [5.74, 6) is 0. The van der Waals surface area contributed by atoms with Crippen LogP contribution in [-0.4, -0.2) is 27.2 Å². The second kappa shape index (κ2) is 2.54. The predicted octanol–water partition coefficient (Wildman–Crippen LogP) is 2.06. The molecule has 70 valence electrons. The lowest BCUT2D eigenvalue weighted by Crippen LogP contribution is -2.49. The number of rotatable bonds is 1. The molecular formula is C9H18N2O. The third kappa shape index (κ3) is 1.17. The Morgan fingerprint density at radius 2 is 1.83 bits per heavy atom. The Morgan fingerprint density at radius 3 is 2.00 bits per heavy atom. The van der Waals surface area contributed by atoms with Crippen LogP contribution in [0.15, 0.2) is 4.99 Å². The summed E-state index contributed by atoms with van der Waals surface area (Å²) >= 11 is 0. The maximum Gasteiger partial charge on any atom is 0.130 e. The number of nitrogens with zero attached hydrogens (tertiary/aromatic N) is 2. The monoisotopic (exact) mass is 170 g/mol. The molecule has 0 saturated heterocycles. The molecule has 0 aromatic carbocycles. The highest BCUT2D eigenvalue weighted by Gasteiger charge is 2.45. The second-order valence-corrected chi connectivity index (χ2v) is 4.28. The van der Waals surface area contributed by atoms with Gasteiger partial charge in [0.15, 0.2) is 0 Å². The molecule has 0 aromatic rings. The molecule has 1 rings (SSSR count). The van der Waals surface area contributed by atoms with Crippen molar-refractivity contribution in [2.45, 2.75) is 52.2 Å². The zero-order valence-electron chi connectivity index (χ0n) is 8.55. The molecule has 1 N–H and O–H groups in total. The zero-order chi connectivity index (χ0) is 9.57. The van der Waals surface area contributed by atoms with Crippen molar-refractivity contribution in [1.29, 1.82) is 0 Å². The average Bonchev–Trinajstić information content (AvgIpc) is 2.11. The molecule has 1 heterocycles. The highest BCUT2D eigenvalue weighted by molar-refractivity contribution is 5.94. The minimum Gasteiger partial charge on any atom is -0.311 e. The van der Waals surface area contributed by atoms with Crippen LogP contribution in [0.4, 0.5) is 0 Å². The fraction of sp³-hybridized carbons (Fsp3) is 0.889. The molecule has 0 atom stereocenters. The van der Waals surface area contributed by atoms with Crippen LogP contribution in [0.1, 0.15) is 41.0 Å². The SMILES string of the molecule is CCC1=NC(C)(C)N(O)C1(C)C. The van der Waals surface area contributed by atoms with Crippen molar-refractivity contribution in [2.24, 2.45) is 4.99 Å². The van der Waals surface area contributed by atoms with Crippen LogP contribution in [0.5, 0.6) is 0 Å². The maximum atomic E-state index is 9.80. The number of hydroxylamine groups is 2. The van der Waals surface area contributed by atoms with E-state index in [4.69, 9.17) is 0 Å². The van der Waals surface area contributed by atoms with Gasteiger partial charge in [-0.25, -0.2) is 0 Å². The Labute approximate surface area is 74.1 Å². The van der Waals surface area contributed by atoms with E-state index in [9.17, 15) is 5.21 Å². The van der Waals surface area contributed by atoms with E-state index >= 15 is 0 Å². The quantitative estimate of drug-likeness (QED) is 0.653. The first kappa shape index (κ1) is 9.68. The van der Waals surface area contributed by atoms with E-state index in [1.54, 1.807) is 0 Å². The van der Waals surface area contributed by atoms with Crippen molar-refractivity contribution < 1.29 is 5.21 Å². The van der Waals surface area contributed by atoms with E-state index < -0.39 is 5.66 Å². The van der Waals surface area contributed by atoms with Crippen LogP contribution >= 0.6 is 0 Å². The van der Waals surface area contributed by atoms with Gasteiger partial charge in [-0.2, -0.15) is 5.06 Å². The lowest BCUT2D eigenvalue weighted by atomic mass is 9.97. The Balaban J connectivity index is 3.03. The summed E-state index contributed by atoms with van der Waals surface area (Å²) < 4.78 is 0. The van der Waals surface area contributed by atoms with Gasteiger partial charge in [0, 0.05) is 5.71 Å². The molecule has 12 heavy (non-hydrogen) atoms. The summed E-state index contributed by atoms with van der Waals surface area (Å²) in [5.41, 5.74) is 0.294. The van der Waals surface area contributed by atoms with Gasteiger partial charge < -0.3 is 5.21 Å². The minimum absolute atomic E-state index is 0.307. The van der Waals surface area contributed by atoms with Gasteiger partial charge in [-0.1, -0.05) is 6.92 Å². The number of aliphatic imine (C=N–C) groups is 1. The molecule has 0 radical (unpaired) electrons. The molecule has 0 fully saturated rings. The van der Waals surface area contributed by atoms with Crippen molar-refractivity contribution in [3.05, 3.63) is 0 Å². The molecule has 0 bridgehead atoms. The molecule has 1 aliphatic rings. The molecule has 3 nitrogen and oxygen atoms in total. The van der Waals surface area contributed by atoms with Gasteiger partial charge in [0.05, 0.1) is 5.54 Å². The van der Waals surface area contributed by atoms with E-state index in [1.165, 1.54) is 5.06 Å². The minimum atomic E-state index is -0.463. The fourth-order valence-electron chi connectivity index (χ4n) is 1.83. The number of hydrogen-bond donors (Lipinski definition) is 1. The smallest absolute Gasteiger partial charge is 0.130 e. The Hall–Kier alpha value is -0.410. The zero-order valence-corrected chi connectivity index (χ0v) is 8.55. The van der Waals surface area contributed by atoms with Crippen LogP contribution in [0, 0.1) is 0 Å². The molecule has 0 unspecified atom stereocenters. The first-order chi connectivity index (χ1) is 5.32. The van der Waals surface area contributed by atoms with Gasteiger partial charge in [-0.3, -0.25) is 4.99 Å². The van der Waals surface area contributed by atoms with Crippen LogP contribution in [0.25, 0.3) is 0 Å². The first-order valence-electron chi connectivity index (χ1n) is 4.41. The predicted molar refractivity (Wildman–Crippen MR) is 49.5 cm³/mol. The van der Waals surface area contributed by atoms with E-state index in [0.29, 0.717) is 0 Å². The van der Waals surface area contributed by atoms with Crippen LogP contribution < -0.4 is 0 Å². The van der Waals surface area contributed by atoms with Gasteiger partial charge in [0.1, 0.15) is 5.66 Å². The second-order valence-electron chi connectivity index (χ2n) is 4.28. The summed E-state index contributed by atoms with van der Waals surface area (Å²) in [4.78, 5) is 4.47. The largest absolute Gasteiger partial charge is 0.311 e. The van der Waals surface area contributed by atoms with Gasteiger partial charge >= 0.3 is 0 Å². The normalized spacial score (nSPS) is 27.3. The van der Waals surface area contributed by atoms with Crippen molar-refractivity contribution in [2.75, 3.05) is 0 Å². The molecule has 0 aromatic heterocycles. The topological polar surface area (TPSA) is 35.8 Å². The molecule has 0 spiro atoms. The summed E-state index contributed by atoms with van der Waals surface area (Å²) in [6.07, 6.45) is 0.896. The Kier molecular flexibility index (Phi) is 2.05. The Morgan fingerprint density at radius 1 is 1.33 bits per heavy atom. The lowest BCUT2D eigenvalue weighted by molar-refractivity contribution is -0.188.